The van der Waals surface area contributed by atoms with Crippen molar-refractivity contribution in [2.75, 3.05) is 7.05 Å². The summed E-state index contributed by atoms with van der Waals surface area (Å²) in [5, 5.41) is 2.25. The summed E-state index contributed by atoms with van der Waals surface area (Å²) in [5.41, 5.74) is -0.561. The fraction of sp³-hybridized carbons (Fsp3) is 0.133. The molecule has 0 aliphatic rings. The Bertz CT molecular complexity index is 862. The van der Waals surface area contributed by atoms with Gasteiger partial charge in [0.2, 0.25) is 0 Å². The molecule has 0 bridgehead atoms. The molecule has 2 aromatic carbocycles. The van der Waals surface area contributed by atoms with Gasteiger partial charge in [0.05, 0.1) is 5.56 Å². The van der Waals surface area contributed by atoms with Crippen LogP contribution in [0.3, 0.4) is 0 Å². The Morgan fingerprint density at radius 3 is 2.08 bits per heavy atom. The van der Waals surface area contributed by atoms with Crippen LogP contribution in [0.1, 0.15) is 15.9 Å². The standard InChI is InChI=1S/C15H12F3NO5S/c1-19-15(20)9-6-13(16)12(14(17)7-9)8-23-10-2-4-11(5-3-10)24-25(18,21)22/h2-7H,8H2,1H3,(H,19,20). The van der Waals surface area contributed by atoms with Crippen LogP contribution in [0, 0.1) is 11.6 Å². The molecule has 2 aromatic rings. The summed E-state index contributed by atoms with van der Waals surface area (Å²) < 4.78 is 70.1. The molecule has 6 nitrogen and oxygen atoms in total. The van der Waals surface area contributed by atoms with Crippen molar-refractivity contribution in [2.24, 2.45) is 0 Å². The fourth-order valence-electron chi connectivity index (χ4n) is 1.88. The molecule has 134 valence electrons. The predicted molar refractivity (Wildman–Crippen MR) is 81.2 cm³/mol. The van der Waals surface area contributed by atoms with Gasteiger partial charge in [-0.05, 0) is 36.4 Å². The molecule has 10 heteroatoms. The lowest BCUT2D eigenvalue weighted by Gasteiger charge is -2.10. The van der Waals surface area contributed by atoms with E-state index in [0.29, 0.717) is 0 Å². The van der Waals surface area contributed by atoms with Gasteiger partial charge in [-0.2, -0.15) is 8.42 Å². The van der Waals surface area contributed by atoms with Crippen LogP contribution in [0.5, 0.6) is 11.5 Å². The maximum absolute atomic E-state index is 13.9. The highest BCUT2D eigenvalue weighted by Crippen LogP contribution is 2.22. The summed E-state index contributed by atoms with van der Waals surface area (Å²) in [6.45, 7) is -0.479. The topological polar surface area (TPSA) is 81.7 Å². The quantitative estimate of drug-likeness (QED) is 0.785. The van der Waals surface area contributed by atoms with Gasteiger partial charge in [0.1, 0.15) is 29.7 Å². The first-order valence-electron chi connectivity index (χ1n) is 6.76. The first-order valence-corrected chi connectivity index (χ1v) is 8.07. The smallest absolute Gasteiger partial charge is 0.488 e. The number of carbonyl (C=O) groups excluding carboxylic acids is 1. The van der Waals surface area contributed by atoms with Crippen LogP contribution >= 0.6 is 0 Å². The molecular weight excluding hydrogens is 363 g/mol. The van der Waals surface area contributed by atoms with Crippen LogP contribution in [-0.2, 0) is 17.1 Å². The molecule has 0 unspecified atom stereocenters. The van der Waals surface area contributed by atoms with Gasteiger partial charge in [-0.3, -0.25) is 4.79 Å². The molecule has 0 spiro atoms. The summed E-state index contributed by atoms with van der Waals surface area (Å²) in [6.07, 6.45) is 0. The largest absolute Gasteiger partial charge is 0.489 e. The van der Waals surface area contributed by atoms with Crippen LogP contribution in [0.2, 0.25) is 0 Å². The van der Waals surface area contributed by atoms with Gasteiger partial charge in [0, 0.05) is 12.6 Å². The maximum Gasteiger partial charge on any atom is 0.488 e. The van der Waals surface area contributed by atoms with Crippen molar-refractivity contribution >= 4 is 16.4 Å². The minimum Gasteiger partial charge on any atom is -0.489 e. The van der Waals surface area contributed by atoms with E-state index >= 15 is 0 Å². The van der Waals surface area contributed by atoms with Gasteiger partial charge in [-0.1, -0.05) is 3.89 Å². The fourth-order valence-corrected chi connectivity index (χ4v) is 2.22. The molecule has 0 fully saturated rings. The van der Waals surface area contributed by atoms with Crippen molar-refractivity contribution in [1.82, 2.24) is 5.32 Å². The van der Waals surface area contributed by atoms with Gasteiger partial charge >= 0.3 is 10.5 Å². The third kappa shape index (κ3) is 5.11. The third-order valence-corrected chi connectivity index (χ3v) is 3.42. The van der Waals surface area contributed by atoms with Gasteiger partial charge < -0.3 is 14.2 Å². The number of carbonyl (C=O) groups is 1. The molecule has 1 amide bonds. The van der Waals surface area contributed by atoms with E-state index in [1.54, 1.807) is 0 Å². The molecular formula is C15H12F3NO5S. The van der Waals surface area contributed by atoms with Crippen LogP contribution in [0.4, 0.5) is 12.7 Å². The zero-order valence-corrected chi connectivity index (χ0v) is 13.6. The number of rotatable bonds is 6. The molecule has 25 heavy (non-hydrogen) atoms. The van der Waals surface area contributed by atoms with Crippen LogP contribution in [0.25, 0.3) is 0 Å². The van der Waals surface area contributed by atoms with Crippen LogP contribution < -0.4 is 14.2 Å². The third-order valence-electron chi connectivity index (χ3n) is 3.03. The van der Waals surface area contributed by atoms with E-state index in [2.05, 4.69) is 9.50 Å². The van der Waals surface area contributed by atoms with Gasteiger partial charge in [-0.25, -0.2) is 8.78 Å². The Morgan fingerprint density at radius 1 is 1.08 bits per heavy atom. The lowest BCUT2D eigenvalue weighted by Crippen LogP contribution is -2.18. The highest BCUT2D eigenvalue weighted by molar-refractivity contribution is 7.81. The second-order valence-electron chi connectivity index (χ2n) is 4.73. The van der Waals surface area contributed by atoms with E-state index in [0.717, 1.165) is 24.3 Å². The summed E-state index contributed by atoms with van der Waals surface area (Å²) >= 11 is 0. The molecule has 0 aliphatic carbocycles. The Morgan fingerprint density at radius 2 is 1.60 bits per heavy atom. The van der Waals surface area contributed by atoms with E-state index in [9.17, 15) is 25.9 Å². The number of hydrogen-bond acceptors (Lipinski definition) is 5. The van der Waals surface area contributed by atoms with E-state index in [4.69, 9.17) is 4.74 Å². The zero-order chi connectivity index (χ0) is 18.6. The molecule has 0 aromatic heterocycles. The maximum atomic E-state index is 13.9. The van der Waals surface area contributed by atoms with Crippen molar-refractivity contribution in [3.63, 3.8) is 0 Å². The minimum absolute atomic E-state index is 0.137. The second-order valence-corrected chi connectivity index (χ2v) is 5.69. The first-order chi connectivity index (χ1) is 11.7. The highest BCUT2D eigenvalue weighted by atomic mass is 32.3. The number of amides is 1. The Kier molecular flexibility index (Phi) is 5.52. The van der Waals surface area contributed by atoms with Crippen molar-refractivity contribution in [3.05, 3.63) is 59.2 Å². The first kappa shape index (κ1) is 18.6. The molecule has 1 N–H and O–H groups in total. The van der Waals surface area contributed by atoms with Crippen molar-refractivity contribution in [3.8, 4) is 11.5 Å². The van der Waals surface area contributed by atoms with Crippen molar-refractivity contribution in [1.29, 1.82) is 0 Å². The van der Waals surface area contributed by atoms with E-state index in [-0.39, 0.29) is 22.6 Å². The average Bonchev–Trinajstić information content (AvgIpc) is 2.53. The van der Waals surface area contributed by atoms with Crippen LogP contribution in [-0.4, -0.2) is 21.4 Å². The molecule has 0 heterocycles. The van der Waals surface area contributed by atoms with E-state index in [1.807, 2.05) is 0 Å². The summed E-state index contributed by atoms with van der Waals surface area (Å²) in [4.78, 5) is 11.4. The number of benzene rings is 2. The van der Waals surface area contributed by atoms with Crippen molar-refractivity contribution in [2.45, 2.75) is 6.61 Å². The summed E-state index contributed by atoms with van der Waals surface area (Å²) in [5.74, 6) is -2.70. The Balaban J connectivity index is 2.10. The minimum atomic E-state index is -5.14. The zero-order valence-electron chi connectivity index (χ0n) is 12.8. The number of halogens is 3. The average molecular weight is 375 g/mol. The summed E-state index contributed by atoms with van der Waals surface area (Å²) in [6, 6.07) is 6.43. The molecule has 0 aliphatic heterocycles. The van der Waals surface area contributed by atoms with Crippen LogP contribution in [0.15, 0.2) is 36.4 Å². The number of nitrogens with one attached hydrogen (secondary N) is 1. The van der Waals surface area contributed by atoms with Gasteiger partial charge in [-0.15, -0.1) is 0 Å². The van der Waals surface area contributed by atoms with E-state index in [1.165, 1.54) is 19.2 Å². The Hall–Kier alpha value is -2.75. The van der Waals surface area contributed by atoms with Gasteiger partial charge in [0.25, 0.3) is 5.91 Å². The molecule has 0 atom stereocenters. The highest BCUT2D eigenvalue weighted by Gasteiger charge is 2.15. The Labute approximate surface area is 141 Å². The SMILES string of the molecule is CNC(=O)c1cc(F)c(COc2ccc(OS(=O)(=O)F)cc2)c(F)c1. The lowest BCUT2D eigenvalue weighted by atomic mass is 10.1. The number of ether oxygens (including phenoxy) is 1. The summed E-state index contributed by atoms with van der Waals surface area (Å²) in [7, 11) is -3.81. The van der Waals surface area contributed by atoms with E-state index < -0.39 is 34.7 Å². The molecule has 0 radical (unpaired) electrons. The van der Waals surface area contributed by atoms with Gasteiger partial charge in [0.15, 0.2) is 0 Å². The van der Waals surface area contributed by atoms with Crippen molar-refractivity contribution < 1.29 is 34.8 Å². The molecule has 2 rings (SSSR count). The monoisotopic (exact) mass is 375 g/mol. The lowest BCUT2D eigenvalue weighted by molar-refractivity contribution is 0.0962. The second kappa shape index (κ2) is 7.43. The normalized spacial score (nSPS) is 11.0. The number of hydrogen-bond donors (Lipinski definition) is 1. The molecule has 0 saturated heterocycles. The predicted octanol–water partition coefficient (Wildman–Crippen LogP) is 2.50. The molecule has 0 saturated carbocycles.